The number of rotatable bonds is 3. The molecule has 0 aromatic heterocycles. The van der Waals surface area contributed by atoms with Gasteiger partial charge in [-0.2, -0.15) is 0 Å². The lowest BCUT2D eigenvalue weighted by Gasteiger charge is -2.41. The van der Waals surface area contributed by atoms with E-state index in [1.807, 2.05) is 59.5 Å². The van der Waals surface area contributed by atoms with Crippen molar-refractivity contribution < 1.29 is 4.79 Å². The molecule has 0 saturated heterocycles. The first-order valence-corrected chi connectivity index (χ1v) is 10.3. The smallest absolute Gasteiger partial charge is 0.239 e. The maximum absolute atomic E-state index is 14.1. The van der Waals surface area contributed by atoms with Gasteiger partial charge in [0.2, 0.25) is 5.91 Å². The van der Waals surface area contributed by atoms with E-state index < -0.39 is 0 Å². The zero-order chi connectivity index (χ0) is 20.5. The number of para-hydroxylation sites is 1. The average Bonchev–Trinajstić information content (AvgIpc) is 2.80. The van der Waals surface area contributed by atoms with Crippen LogP contribution in [0.4, 0.5) is 5.69 Å². The van der Waals surface area contributed by atoms with Gasteiger partial charge in [-0.05, 0) is 41.3 Å². The van der Waals surface area contributed by atoms with Gasteiger partial charge in [-0.3, -0.25) is 9.69 Å². The predicted molar refractivity (Wildman–Crippen MR) is 122 cm³/mol. The number of nitrogens with zero attached hydrogens (tertiary/aromatic N) is 1. The summed E-state index contributed by atoms with van der Waals surface area (Å²) in [7, 11) is 0. The Kier molecular flexibility index (Phi) is 4.68. The van der Waals surface area contributed by atoms with E-state index in [2.05, 4.69) is 61.5 Å². The van der Waals surface area contributed by atoms with Gasteiger partial charge in [0.25, 0.3) is 0 Å². The molecule has 30 heavy (non-hydrogen) atoms. The molecule has 2 atom stereocenters. The van der Waals surface area contributed by atoms with Gasteiger partial charge in [-0.1, -0.05) is 103 Å². The molecule has 1 amide bonds. The van der Waals surface area contributed by atoms with Crippen LogP contribution < -0.4 is 4.90 Å². The van der Waals surface area contributed by atoms with Gasteiger partial charge in [0, 0.05) is 5.69 Å². The van der Waals surface area contributed by atoms with Crippen molar-refractivity contribution in [2.75, 3.05) is 4.90 Å². The lowest BCUT2D eigenvalue weighted by molar-refractivity contribution is -0.120. The lowest BCUT2D eigenvalue weighted by atomic mass is 9.78. The van der Waals surface area contributed by atoms with Crippen LogP contribution >= 0.6 is 0 Å². The minimum atomic E-state index is -0.318. The second kappa shape index (κ2) is 7.64. The third-order valence-corrected chi connectivity index (χ3v) is 5.90. The number of hydrogen-bond acceptors (Lipinski definition) is 1. The standard InChI is InChI=1S/C28H23NO/c1-20-16-18-21(19-17-20)26-24-14-8-9-15-25(24)27(22-10-4-2-5-11-22)29(28(26)30)23-12-6-3-7-13-23/h2-19,26-27H,1H3/t26-,27-/m0/s1. The summed E-state index contributed by atoms with van der Waals surface area (Å²) >= 11 is 0. The molecule has 1 aliphatic rings. The van der Waals surface area contributed by atoms with E-state index >= 15 is 0 Å². The van der Waals surface area contributed by atoms with E-state index in [1.165, 1.54) is 11.1 Å². The van der Waals surface area contributed by atoms with Crippen LogP contribution in [0.1, 0.15) is 39.8 Å². The maximum atomic E-state index is 14.1. The fourth-order valence-electron chi connectivity index (χ4n) is 4.47. The molecule has 2 heteroatoms. The number of amides is 1. The molecule has 1 heterocycles. The van der Waals surface area contributed by atoms with E-state index in [-0.39, 0.29) is 17.9 Å². The van der Waals surface area contributed by atoms with Crippen LogP contribution in [0.5, 0.6) is 0 Å². The second-order valence-corrected chi connectivity index (χ2v) is 7.83. The van der Waals surface area contributed by atoms with Crippen LogP contribution in [0.25, 0.3) is 0 Å². The molecule has 5 rings (SSSR count). The molecule has 0 bridgehead atoms. The highest BCUT2D eigenvalue weighted by Crippen LogP contribution is 2.45. The number of fused-ring (bicyclic) bond motifs is 1. The molecule has 1 aliphatic heterocycles. The summed E-state index contributed by atoms with van der Waals surface area (Å²) in [6.07, 6.45) is 0. The van der Waals surface area contributed by atoms with Gasteiger partial charge in [-0.15, -0.1) is 0 Å². The first-order chi connectivity index (χ1) is 14.7. The zero-order valence-electron chi connectivity index (χ0n) is 16.9. The number of anilines is 1. The molecular formula is C28H23NO. The molecule has 2 nitrogen and oxygen atoms in total. The number of benzene rings is 4. The molecule has 0 unspecified atom stereocenters. The normalized spacial score (nSPS) is 18.2. The molecule has 0 radical (unpaired) electrons. The Bertz CT molecular complexity index is 1170. The van der Waals surface area contributed by atoms with E-state index in [4.69, 9.17) is 0 Å². The largest absolute Gasteiger partial charge is 0.300 e. The summed E-state index contributed by atoms with van der Waals surface area (Å²) in [5, 5.41) is 0. The van der Waals surface area contributed by atoms with Crippen molar-refractivity contribution in [3.05, 3.63) is 137 Å². The average molecular weight is 389 g/mol. The van der Waals surface area contributed by atoms with Crippen LogP contribution in [-0.2, 0) is 4.79 Å². The third kappa shape index (κ3) is 3.11. The van der Waals surface area contributed by atoms with Crippen LogP contribution in [0, 0.1) is 6.92 Å². The number of hydrogen-bond donors (Lipinski definition) is 0. The minimum absolute atomic E-state index is 0.109. The van der Waals surface area contributed by atoms with Crippen molar-refractivity contribution >= 4 is 11.6 Å². The summed E-state index contributed by atoms with van der Waals surface area (Å²) in [6.45, 7) is 2.07. The Morgan fingerprint density at radius 3 is 1.83 bits per heavy atom. The van der Waals surface area contributed by atoms with Crippen molar-refractivity contribution in [3.63, 3.8) is 0 Å². The number of aryl methyl sites for hydroxylation is 1. The van der Waals surface area contributed by atoms with Crippen molar-refractivity contribution in [3.8, 4) is 0 Å². The maximum Gasteiger partial charge on any atom is 0.239 e. The topological polar surface area (TPSA) is 20.3 Å². The molecule has 4 aromatic rings. The van der Waals surface area contributed by atoms with Crippen molar-refractivity contribution in [1.29, 1.82) is 0 Å². The first kappa shape index (κ1) is 18.4. The zero-order valence-corrected chi connectivity index (χ0v) is 16.9. The SMILES string of the molecule is Cc1ccc([C@@H]2C(=O)N(c3ccccc3)[C@@H](c3ccccc3)c3ccccc32)cc1. The Balaban J connectivity index is 1.76. The predicted octanol–water partition coefficient (Wildman–Crippen LogP) is 6.26. The monoisotopic (exact) mass is 389 g/mol. The quantitative estimate of drug-likeness (QED) is 0.405. The number of carbonyl (C=O) groups is 1. The van der Waals surface area contributed by atoms with Gasteiger partial charge < -0.3 is 0 Å². The first-order valence-electron chi connectivity index (χ1n) is 10.3. The Labute approximate surface area is 177 Å². The summed E-state index contributed by atoms with van der Waals surface area (Å²) in [5.74, 6) is -0.209. The highest BCUT2D eigenvalue weighted by molar-refractivity contribution is 6.03. The van der Waals surface area contributed by atoms with Crippen LogP contribution in [0.3, 0.4) is 0 Å². The number of carbonyl (C=O) groups excluding carboxylic acids is 1. The molecule has 4 aromatic carbocycles. The molecule has 0 saturated carbocycles. The van der Waals surface area contributed by atoms with Crippen molar-refractivity contribution in [2.45, 2.75) is 18.9 Å². The summed E-state index contributed by atoms with van der Waals surface area (Å²) in [4.78, 5) is 16.1. The Morgan fingerprint density at radius 2 is 1.17 bits per heavy atom. The third-order valence-electron chi connectivity index (χ3n) is 5.90. The molecule has 0 aliphatic carbocycles. The van der Waals surface area contributed by atoms with E-state index in [0.29, 0.717) is 0 Å². The Morgan fingerprint density at radius 1 is 0.600 bits per heavy atom. The van der Waals surface area contributed by atoms with Gasteiger partial charge in [-0.25, -0.2) is 0 Å². The van der Waals surface area contributed by atoms with Crippen LogP contribution in [-0.4, -0.2) is 5.91 Å². The van der Waals surface area contributed by atoms with E-state index in [0.717, 1.165) is 22.4 Å². The van der Waals surface area contributed by atoms with Crippen LogP contribution in [0.15, 0.2) is 109 Å². The summed E-state index contributed by atoms with van der Waals surface area (Å²) < 4.78 is 0. The summed E-state index contributed by atoms with van der Waals surface area (Å²) in [5.41, 5.74) is 6.53. The van der Waals surface area contributed by atoms with Crippen molar-refractivity contribution in [1.82, 2.24) is 0 Å². The lowest BCUT2D eigenvalue weighted by Crippen LogP contribution is -2.44. The van der Waals surface area contributed by atoms with Gasteiger partial charge in [0.05, 0.1) is 12.0 Å². The summed E-state index contributed by atoms with van der Waals surface area (Å²) in [6, 6.07) is 36.9. The van der Waals surface area contributed by atoms with Crippen molar-refractivity contribution in [2.24, 2.45) is 0 Å². The fourth-order valence-corrected chi connectivity index (χ4v) is 4.47. The highest BCUT2D eigenvalue weighted by atomic mass is 16.2. The molecular weight excluding hydrogens is 366 g/mol. The van der Waals surface area contributed by atoms with Crippen LogP contribution in [0.2, 0.25) is 0 Å². The molecule has 146 valence electrons. The van der Waals surface area contributed by atoms with Gasteiger partial charge in [0.1, 0.15) is 0 Å². The molecule has 0 fully saturated rings. The molecule has 0 N–H and O–H groups in total. The van der Waals surface area contributed by atoms with Gasteiger partial charge in [0.15, 0.2) is 0 Å². The minimum Gasteiger partial charge on any atom is -0.300 e. The van der Waals surface area contributed by atoms with E-state index in [9.17, 15) is 4.79 Å². The molecule has 0 spiro atoms. The highest BCUT2D eigenvalue weighted by Gasteiger charge is 2.41. The fraction of sp³-hybridized carbons (Fsp3) is 0.107. The van der Waals surface area contributed by atoms with E-state index in [1.54, 1.807) is 0 Å². The van der Waals surface area contributed by atoms with Gasteiger partial charge >= 0.3 is 0 Å². The Hall–Kier alpha value is -3.65. The second-order valence-electron chi connectivity index (χ2n) is 7.83.